The van der Waals surface area contributed by atoms with Gasteiger partial charge in [0, 0.05) is 0 Å². The lowest BCUT2D eigenvalue weighted by Crippen LogP contribution is -2.08. The molecule has 0 bridgehead atoms. The van der Waals surface area contributed by atoms with Crippen molar-refractivity contribution in [3.8, 4) is 0 Å². The minimum Gasteiger partial charge on any atom is -0.0914 e. The van der Waals surface area contributed by atoms with Crippen LogP contribution in [0.5, 0.6) is 0 Å². The van der Waals surface area contributed by atoms with Gasteiger partial charge in [-0.3, -0.25) is 0 Å². The summed E-state index contributed by atoms with van der Waals surface area (Å²) in [4.78, 5) is 0. The van der Waals surface area contributed by atoms with Gasteiger partial charge in [-0.25, -0.2) is 0 Å². The van der Waals surface area contributed by atoms with Crippen LogP contribution in [-0.4, -0.2) is 0 Å². The van der Waals surface area contributed by atoms with Crippen LogP contribution in [0.3, 0.4) is 0 Å². The van der Waals surface area contributed by atoms with E-state index in [0.29, 0.717) is 0 Å². The van der Waals surface area contributed by atoms with Crippen LogP contribution in [0, 0.1) is 17.8 Å². The maximum Gasteiger partial charge on any atom is -0.0236 e. The second-order valence-electron chi connectivity index (χ2n) is 4.62. The maximum atomic E-state index is 2.38. The summed E-state index contributed by atoms with van der Waals surface area (Å²) in [6.07, 6.45) is 10.0. The molecule has 0 spiro atoms. The molecule has 0 N–H and O–H groups in total. The molecule has 84 valence electrons. The average Bonchev–Trinajstić information content (AvgIpc) is 2.19. The highest BCUT2D eigenvalue weighted by atomic mass is 14.2. The van der Waals surface area contributed by atoms with Crippen molar-refractivity contribution in [3.05, 3.63) is 12.2 Å². The molecule has 0 aliphatic carbocycles. The smallest absolute Gasteiger partial charge is 0.0236 e. The van der Waals surface area contributed by atoms with Crippen LogP contribution >= 0.6 is 0 Å². The molecule has 0 fully saturated rings. The molecule has 0 aromatic heterocycles. The van der Waals surface area contributed by atoms with Gasteiger partial charge in [-0.2, -0.15) is 0 Å². The van der Waals surface area contributed by atoms with Gasteiger partial charge in [-0.05, 0) is 31.1 Å². The summed E-state index contributed by atoms with van der Waals surface area (Å²) in [6.45, 7) is 11.5. The normalized spacial score (nSPS) is 16.4. The Kier molecular flexibility index (Phi) is 7.93. The second kappa shape index (κ2) is 8.08. The fraction of sp³-hybridized carbons (Fsp3) is 0.857. The van der Waals surface area contributed by atoms with E-state index in [4.69, 9.17) is 0 Å². The number of hydrogen-bond donors (Lipinski definition) is 0. The topological polar surface area (TPSA) is 0 Å². The van der Waals surface area contributed by atoms with Gasteiger partial charge in [-0.15, -0.1) is 0 Å². The molecular formula is C14H28. The highest BCUT2D eigenvalue weighted by Gasteiger charge is 2.11. The Labute approximate surface area is 90.8 Å². The van der Waals surface area contributed by atoms with E-state index in [2.05, 4.69) is 46.8 Å². The lowest BCUT2D eigenvalue weighted by molar-refractivity contribution is 0.351. The van der Waals surface area contributed by atoms with Gasteiger partial charge in [0.1, 0.15) is 0 Å². The van der Waals surface area contributed by atoms with Crippen molar-refractivity contribution >= 4 is 0 Å². The van der Waals surface area contributed by atoms with Crippen LogP contribution in [-0.2, 0) is 0 Å². The lowest BCUT2D eigenvalue weighted by atomic mass is 9.86. The molecule has 0 saturated carbocycles. The van der Waals surface area contributed by atoms with Gasteiger partial charge in [0.2, 0.25) is 0 Å². The van der Waals surface area contributed by atoms with Crippen molar-refractivity contribution in [2.24, 2.45) is 17.8 Å². The van der Waals surface area contributed by atoms with Gasteiger partial charge in [0.05, 0.1) is 0 Å². The van der Waals surface area contributed by atoms with E-state index in [1.165, 1.54) is 25.7 Å². The Bertz CT molecular complexity index is 142. The molecule has 0 heteroatoms. The summed E-state index contributed by atoms with van der Waals surface area (Å²) in [5.74, 6) is 2.54. The largest absolute Gasteiger partial charge is 0.0914 e. The van der Waals surface area contributed by atoms with Gasteiger partial charge in [-0.1, -0.05) is 59.1 Å². The fourth-order valence-corrected chi connectivity index (χ4v) is 1.95. The Morgan fingerprint density at radius 3 is 2.00 bits per heavy atom. The van der Waals surface area contributed by atoms with E-state index < -0.39 is 0 Å². The van der Waals surface area contributed by atoms with Gasteiger partial charge in [0.25, 0.3) is 0 Å². The zero-order chi connectivity index (χ0) is 11.0. The van der Waals surface area contributed by atoms with E-state index in [1.807, 2.05) is 0 Å². The zero-order valence-corrected chi connectivity index (χ0v) is 10.7. The molecule has 2 unspecified atom stereocenters. The zero-order valence-electron chi connectivity index (χ0n) is 10.7. The summed E-state index contributed by atoms with van der Waals surface area (Å²) in [5.41, 5.74) is 0. The summed E-state index contributed by atoms with van der Waals surface area (Å²) < 4.78 is 0. The number of hydrogen-bond acceptors (Lipinski definition) is 0. The molecule has 0 radical (unpaired) electrons. The predicted molar refractivity (Wildman–Crippen MR) is 66.4 cm³/mol. The Morgan fingerprint density at radius 2 is 1.57 bits per heavy atom. The van der Waals surface area contributed by atoms with Gasteiger partial charge >= 0.3 is 0 Å². The van der Waals surface area contributed by atoms with Crippen LogP contribution in [0.25, 0.3) is 0 Å². The molecule has 2 atom stereocenters. The molecule has 0 nitrogen and oxygen atoms in total. The third-order valence-corrected chi connectivity index (χ3v) is 3.58. The molecule has 0 aromatic rings. The maximum absolute atomic E-state index is 2.38. The lowest BCUT2D eigenvalue weighted by Gasteiger charge is -2.19. The molecule has 0 saturated heterocycles. The fourth-order valence-electron chi connectivity index (χ4n) is 1.95. The first-order valence-corrected chi connectivity index (χ1v) is 6.28. The Hall–Kier alpha value is -0.260. The Morgan fingerprint density at radius 1 is 1.00 bits per heavy atom. The standard InChI is InChI=1S/C14H28/c1-6-9-12(4)13(5)10-11-14(7-2)8-3/h6,9,12-14H,7-8,10-11H2,1-5H3. The predicted octanol–water partition coefficient (Wildman–Crippen LogP) is 5.05. The molecule has 0 amide bonds. The first kappa shape index (κ1) is 13.7. The van der Waals surface area contributed by atoms with Crippen LogP contribution in [0.4, 0.5) is 0 Å². The van der Waals surface area contributed by atoms with Crippen LogP contribution in [0.2, 0.25) is 0 Å². The summed E-state index contributed by atoms with van der Waals surface area (Å²) >= 11 is 0. The van der Waals surface area contributed by atoms with E-state index in [-0.39, 0.29) is 0 Å². The Balaban J connectivity index is 3.76. The highest BCUT2D eigenvalue weighted by molar-refractivity contribution is 4.85. The second-order valence-corrected chi connectivity index (χ2v) is 4.62. The summed E-state index contributed by atoms with van der Waals surface area (Å²) in [5, 5.41) is 0. The monoisotopic (exact) mass is 196 g/mol. The minimum absolute atomic E-state index is 0.745. The third-order valence-electron chi connectivity index (χ3n) is 3.58. The van der Waals surface area contributed by atoms with E-state index >= 15 is 0 Å². The SMILES string of the molecule is CC=CC(C)C(C)CCC(CC)CC. The molecule has 0 rings (SSSR count). The van der Waals surface area contributed by atoms with E-state index in [1.54, 1.807) is 0 Å². The molecule has 0 aromatic carbocycles. The first-order valence-electron chi connectivity index (χ1n) is 6.28. The molecular weight excluding hydrogens is 168 g/mol. The van der Waals surface area contributed by atoms with Crippen molar-refractivity contribution in [2.45, 2.75) is 60.3 Å². The minimum atomic E-state index is 0.745. The number of allylic oxidation sites excluding steroid dienone is 2. The van der Waals surface area contributed by atoms with Crippen LogP contribution in [0.1, 0.15) is 60.3 Å². The third kappa shape index (κ3) is 5.47. The van der Waals surface area contributed by atoms with Crippen LogP contribution < -0.4 is 0 Å². The quantitative estimate of drug-likeness (QED) is 0.500. The van der Waals surface area contributed by atoms with Gasteiger partial charge in [0.15, 0.2) is 0 Å². The first-order chi connectivity index (χ1) is 6.65. The van der Waals surface area contributed by atoms with Crippen molar-refractivity contribution < 1.29 is 0 Å². The molecule has 0 aliphatic rings. The number of rotatable bonds is 7. The van der Waals surface area contributed by atoms with Crippen molar-refractivity contribution in [1.29, 1.82) is 0 Å². The van der Waals surface area contributed by atoms with Gasteiger partial charge < -0.3 is 0 Å². The van der Waals surface area contributed by atoms with Crippen molar-refractivity contribution in [3.63, 3.8) is 0 Å². The van der Waals surface area contributed by atoms with Crippen molar-refractivity contribution in [1.82, 2.24) is 0 Å². The van der Waals surface area contributed by atoms with Crippen LogP contribution in [0.15, 0.2) is 12.2 Å². The van der Waals surface area contributed by atoms with Crippen molar-refractivity contribution in [2.75, 3.05) is 0 Å². The highest BCUT2D eigenvalue weighted by Crippen LogP contribution is 2.23. The summed E-state index contributed by atoms with van der Waals surface area (Å²) in [7, 11) is 0. The molecule has 0 aliphatic heterocycles. The summed E-state index contributed by atoms with van der Waals surface area (Å²) in [6, 6.07) is 0. The molecule has 14 heavy (non-hydrogen) atoms. The molecule has 0 heterocycles. The van der Waals surface area contributed by atoms with E-state index in [9.17, 15) is 0 Å². The average molecular weight is 196 g/mol. The van der Waals surface area contributed by atoms with E-state index in [0.717, 1.165) is 17.8 Å².